The molecule has 0 atom stereocenters. The highest BCUT2D eigenvalue weighted by Crippen LogP contribution is 2.29. The van der Waals surface area contributed by atoms with E-state index in [9.17, 15) is 14.9 Å². The fraction of sp³-hybridized carbons (Fsp3) is 0.333. The van der Waals surface area contributed by atoms with Crippen LogP contribution >= 0.6 is 11.6 Å². The summed E-state index contributed by atoms with van der Waals surface area (Å²) in [6, 6.07) is 17.2. The average Bonchev–Trinajstić information content (AvgIpc) is 3.21. The number of nitriles is 1. The van der Waals surface area contributed by atoms with Gasteiger partial charge in [-0.2, -0.15) is 5.26 Å². The van der Waals surface area contributed by atoms with Gasteiger partial charge in [0.2, 0.25) is 0 Å². The van der Waals surface area contributed by atoms with Crippen molar-refractivity contribution >= 4 is 34.2 Å². The third-order valence-electron chi connectivity index (χ3n) is 7.62. The second-order valence-corrected chi connectivity index (χ2v) is 10.8. The fourth-order valence-electron chi connectivity index (χ4n) is 5.44. The number of rotatable bonds is 6. The molecule has 0 unspecified atom stereocenters. The number of amides is 1. The Morgan fingerprint density at radius 3 is 2.54 bits per heavy atom. The lowest BCUT2D eigenvalue weighted by Crippen LogP contribution is -2.39. The first kappa shape index (κ1) is 26.5. The lowest BCUT2D eigenvalue weighted by Gasteiger charge is -2.29. The zero-order valence-electron chi connectivity index (χ0n) is 22.3. The number of nitrogens with zero attached hydrogens (tertiary/aromatic N) is 5. The summed E-state index contributed by atoms with van der Waals surface area (Å²) < 4.78 is 3.50. The number of nitrogens with one attached hydrogen (secondary N) is 1. The number of carbonyl (C=O) groups excluding carboxylic acids is 1. The number of para-hydroxylation sites is 2. The highest BCUT2D eigenvalue weighted by Gasteiger charge is 2.26. The van der Waals surface area contributed by atoms with E-state index >= 15 is 0 Å². The van der Waals surface area contributed by atoms with Gasteiger partial charge in [-0.1, -0.05) is 23.7 Å². The first-order valence-electron chi connectivity index (χ1n) is 13.1. The Morgan fingerprint density at radius 1 is 1.13 bits per heavy atom. The Balaban J connectivity index is 1.37. The molecule has 1 aliphatic rings. The number of hydrogen-bond acceptors (Lipinski definition) is 5. The van der Waals surface area contributed by atoms with Gasteiger partial charge in [-0.05, 0) is 74.9 Å². The number of carbonyl (C=O) groups is 1. The predicted molar refractivity (Wildman–Crippen MR) is 154 cm³/mol. The van der Waals surface area contributed by atoms with Crippen LogP contribution in [0.3, 0.4) is 0 Å². The van der Waals surface area contributed by atoms with Crippen LogP contribution in [-0.2, 0) is 6.54 Å². The number of aromatic nitrogens is 3. The van der Waals surface area contributed by atoms with E-state index in [0.717, 1.165) is 42.4 Å². The van der Waals surface area contributed by atoms with E-state index in [1.165, 1.54) is 6.20 Å². The number of anilines is 1. The van der Waals surface area contributed by atoms with Gasteiger partial charge >= 0.3 is 5.69 Å². The topological polar surface area (TPSA) is 95.9 Å². The van der Waals surface area contributed by atoms with E-state index in [0.29, 0.717) is 40.0 Å². The number of imidazole rings is 1. The third-order valence-corrected chi connectivity index (χ3v) is 7.82. The molecule has 0 saturated heterocycles. The normalized spacial score (nSPS) is 17.1. The molecule has 2 heterocycles. The predicted octanol–water partition coefficient (Wildman–Crippen LogP) is 5.08. The molecule has 0 radical (unpaired) electrons. The quantitative estimate of drug-likeness (QED) is 0.367. The smallest absolute Gasteiger partial charge is 0.333 e. The maximum atomic E-state index is 13.9. The van der Waals surface area contributed by atoms with E-state index in [1.54, 1.807) is 23.6 Å². The molecule has 8 nitrogen and oxygen atoms in total. The second-order valence-electron chi connectivity index (χ2n) is 10.4. The lowest BCUT2D eigenvalue weighted by atomic mass is 9.85. The van der Waals surface area contributed by atoms with Crippen molar-refractivity contribution in [1.82, 2.24) is 19.4 Å². The van der Waals surface area contributed by atoms with Crippen molar-refractivity contribution in [2.45, 2.75) is 45.2 Å². The molecule has 1 amide bonds. The summed E-state index contributed by atoms with van der Waals surface area (Å²) >= 11 is 6.04. The van der Waals surface area contributed by atoms with Gasteiger partial charge in [-0.3, -0.25) is 18.9 Å². The van der Waals surface area contributed by atoms with Crippen molar-refractivity contribution in [3.05, 3.63) is 87.1 Å². The van der Waals surface area contributed by atoms with Crippen LogP contribution in [0.25, 0.3) is 16.7 Å². The molecule has 4 aromatic rings. The SMILES string of the molecule is Cc1ncc(Cl)cc1C(=O)N[C@H]1CC[C@H](Cn2c(=O)n(-c3cc(N(C)C)ccc3C#N)c3ccccc32)CC1. The molecule has 1 N–H and O–H groups in total. The molecule has 1 saturated carbocycles. The molecule has 0 aliphatic heterocycles. The van der Waals surface area contributed by atoms with Crippen LogP contribution in [0.5, 0.6) is 0 Å². The Hall–Kier alpha value is -4.09. The number of pyridine rings is 1. The number of aryl methyl sites for hydroxylation is 1. The summed E-state index contributed by atoms with van der Waals surface area (Å²) in [6.07, 6.45) is 4.99. The molecule has 39 heavy (non-hydrogen) atoms. The van der Waals surface area contributed by atoms with E-state index in [1.807, 2.05) is 60.0 Å². The number of fused-ring (bicyclic) bond motifs is 1. The fourth-order valence-corrected chi connectivity index (χ4v) is 5.60. The maximum absolute atomic E-state index is 13.9. The van der Waals surface area contributed by atoms with E-state index in [-0.39, 0.29) is 17.6 Å². The van der Waals surface area contributed by atoms with Crippen LogP contribution in [0.15, 0.2) is 59.5 Å². The van der Waals surface area contributed by atoms with Gasteiger partial charge in [0.1, 0.15) is 6.07 Å². The van der Waals surface area contributed by atoms with Crippen molar-refractivity contribution in [3.63, 3.8) is 0 Å². The average molecular weight is 543 g/mol. The molecule has 9 heteroatoms. The van der Waals surface area contributed by atoms with E-state index < -0.39 is 0 Å². The Morgan fingerprint density at radius 2 is 1.85 bits per heavy atom. The van der Waals surface area contributed by atoms with Crippen molar-refractivity contribution in [2.24, 2.45) is 5.92 Å². The van der Waals surface area contributed by atoms with Crippen molar-refractivity contribution in [1.29, 1.82) is 5.26 Å². The summed E-state index contributed by atoms with van der Waals surface area (Å²) in [5.41, 5.74) is 4.58. The molecule has 0 spiro atoms. The van der Waals surface area contributed by atoms with Crippen molar-refractivity contribution in [3.8, 4) is 11.8 Å². The van der Waals surface area contributed by atoms with Gasteiger partial charge < -0.3 is 10.2 Å². The Bertz CT molecular complexity index is 1640. The molecular weight excluding hydrogens is 512 g/mol. The summed E-state index contributed by atoms with van der Waals surface area (Å²) in [6.45, 7) is 2.38. The molecule has 1 fully saturated rings. The second kappa shape index (κ2) is 11.0. The largest absolute Gasteiger partial charge is 0.378 e. The molecule has 200 valence electrons. The standard InChI is InChI=1S/C30H31ClN6O2/c1-19-25(14-22(31)17-33-19)29(38)34-23-11-8-20(9-12-23)18-36-26-6-4-5-7-27(26)37(30(36)39)28-15-24(35(2)3)13-10-21(28)16-32/h4-7,10,13-15,17,20,23H,8-9,11-12,18H2,1-3H3,(H,34,38)/t20-,23-. The minimum absolute atomic E-state index is 0.0668. The van der Waals surface area contributed by atoms with Crippen LogP contribution < -0.4 is 15.9 Å². The number of halogens is 1. The highest BCUT2D eigenvalue weighted by molar-refractivity contribution is 6.30. The maximum Gasteiger partial charge on any atom is 0.333 e. The van der Waals surface area contributed by atoms with Gasteiger partial charge in [-0.25, -0.2) is 4.79 Å². The van der Waals surface area contributed by atoms with Gasteiger partial charge in [0.25, 0.3) is 5.91 Å². The van der Waals surface area contributed by atoms with Gasteiger partial charge in [0.15, 0.2) is 0 Å². The zero-order valence-corrected chi connectivity index (χ0v) is 23.1. The van der Waals surface area contributed by atoms with E-state index in [2.05, 4.69) is 16.4 Å². The number of hydrogen-bond donors (Lipinski definition) is 1. The summed E-state index contributed by atoms with van der Waals surface area (Å²) in [5, 5.41) is 13.4. The Labute approximate surface area is 232 Å². The van der Waals surface area contributed by atoms with Crippen molar-refractivity contribution < 1.29 is 4.79 Å². The third kappa shape index (κ3) is 5.27. The van der Waals surface area contributed by atoms with Crippen molar-refractivity contribution in [2.75, 3.05) is 19.0 Å². The summed E-state index contributed by atoms with van der Waals surface area (Å²) in [5.74, 6) is 0.145. The lowest BCUT2D eigenvalue weighted by molar-refractivity contribution is 0.0919. The molecule has 2 aromatic heterocycles. The molecule has 5 rings (SSSR count). The zero-order chi connectivity index (χ0) is 27.7. The summed E-state index contributed by atoms with van der Waals surface area (Å²) in [4.78, 5) is 32.8. The van der Waals surface area contributed by atoms with Crippen LogP contribution in [0.4, 0.5) is 5.69 Å². The van der Waals surface area contributed by atoms with Crippen LogP contribution in [0, 0.1) is 24.2 Å². The highest BCUT2D eigenvalue weighted by atomic mass is 35.5. The Kier molecular flexibility index (Phi) is 7.45. The molecule has 1 aliphatic carbocycles. The van der Waals surface area contributed by atoms with E-state index in [4.69, 9.17) is 11.6 Å². The summed E-state index contributed by atoms with van der Waals surface area (Å²) in [7, 11) is 3.87. The number of benzene rings is 2. The van der Waals surface area contributed by atoms with Gasteiger partial charge in [0, 0.05) is 38.6 Å². The minimum atomic E-state index is -0.154. The van der Waals surface area contributed by atoms with Crippen LogP contribution in [0.2, 0.25) is 5.02 Å². The van der Waals surface area contributed by atoms with Crippen LogP contribution in [0.1, 0.15) is 47.3 Å². The first-order chi connectivity index (χ1) is 18.8. The molecule has 0 bridgehead atoms. The van der Waals surface area contributed by atoms with Gasteiger partial charge in [-0.15, -0.1) is 0 Å². The van der Waals surface area contributed by atoms with Gasteiger partial charge in [0.05, 0.1) is 38.6 Å². The van der Waals surface area contributed by atoms with Crippen LogP contribution in [-0.4, -0.2) is 40.2 Å². The first-order valence-corrected chi connectivity index (χ1v) is 13.5. The monoisotopic (exact) mass is 542 g/mol. The molecular formula is C30H31ClN6O2. The molecule has 2 aromatic carbocycles. The minimum Gasteiger partial charge on any atom is -0.378 e.